The molecule has 1 rings (SSSR count). The molecule has 7 nitrogen and oxygen atoms in total. The second-order valence-electron chi connectivity index (χ2n) is 2.81. The Morgan fingerprint density at radius 3 is 2.06 bits per heavy atom. The summed E-state index contributed by atoms with van der Waals surface area (Å²) in [4.78, 5) is 17.4. The van der Waals surface area contributed by atoms with E-state index < -0.39 is 18.2 Å². The molecule has 1 aromatic rings. The van der Waals surface area contributed by atoms with Crippen LogP contribution in [0.4, 0.5) is 5.95 Å². The molecular formula is C7H7Cl2N3O4. The quantitative estimate of drug-likeness (QED) is 0.560. The van der Waals surface area contributed by atoms with Gasteiger partial charge in [0.2, 0.25) is 5.95 Å². The van der Waals surface area contributed by atoms with Crippen molar-refractivity contribution in [1.82, 2.24) is 9.97 Å². The number of nitrogens with two attached hydrogens (primary N) is 1. The van der Waals surface area contributed by atoms with Crippen LogP contribution in [0.25, 0.3) is 0 Å². The van der Waals surface area contributed by atoms with Gasteiger partial charge in [-0.3, -0.25) is 0 Å². The lowest BCUT2D eigenvalue weighted by Crippen LogP contribution is -2.28. The molecule has 2 atom stereocenters. The number of hydrogen-bond acceptors (Lipinski definition) is 6. The van der Waals surface area contributed by atoms with Gasteiger partial charge in [-0.05, 0) is 0 Å². The number of carboxylic acid groups (broad SMARTS) is 1. The fourth-order valence-corrected chi connectivity index (χ4v) is 1.59. The van der Waals surface area contributed by atoms with Crippen molar-refractivity contribution in [3.63, 3.8) is 0 Å². The molecule has 0 aliphatic heterocycles. The van der Waals surface area contributed by atoms with Crippen molar-refractivity contribution in [2.24, 2.45) is 0 Å². The molecule has 0 bridgehead atoms. The van der Waals surface area contributed by atoms with Gasteiger partial charge in [0.05, 0.1) is 5.56 Å². The van der Waals surface area contributed by atoms with Crippen LogP contribution in [0, 0.1) is 0 Å². The first kappa shape index (κ1) is 12.9. The minimum absolute atomic E-state index is 0.226. The van der Waals surface area contributed by atoms with Crippen LogP contribution >= 0.6 is 23.2 Å². The summed E-state index contributed by atoms with van der Waals surface area (Å²) in [7, 11) is 0. The van der Waals surface area contributed by atoms with E-state index in [1.165, 1.54) is 0 Å². The number of nitrogens with zero attached hydrogens (tertiary/aromatic N) is 2. The summed E-state index contributed by atoms with van der Waals surface area (Å²) in [6.45, 7) is 0. The second kappa shape index (κ2) is 4.79. The fourth-order valence-electron chi connectivity index (χ4n) is 0.969. The maximum atomic E-state index is 10.4. The monoisotopic (exact) mass is 267 g/mol. The van der Waals surface area contributed by atoms with E-state index in [0.29, 0.717) is 0 Å². The van der Waals surface area contributed by atoms with Crippen molar-refractivity contribution >= 4 is 35.1 Å². The Morgan fingerprint density at radius 2 is 1.69 bits per heavy atom. The van der Waals surface area contributed by atoms with Crippen LogP contribution in [-0.2, 0) is 4.79 Å². The van der Waals surface area contributed by atoms with E-state index in [0.717, 1.165) is 0 Å². The topological polar surface area (TPSA) is 130 Å². The Kier molecular flexibility index (Phi) is 3.87. The van der Waals surface area contributed by atoms with Gasteiger partial charge in [-0.2, -0.15) is 0 Å². The lowest BCUT2D eigenvalue weighted by Gasteiger charge is -2.16. The lowest BCUT2D eigenvalue weighted by molar-refractivity contribution is -0.153. The smallest absolute Gasteiger partial charge is 0.335 e. The normalized spacial score (nSPS) is 14.5. The van der Waals surface area contributed by atoms with Gasteiger partial charge < -0.3 is 21.1 Å². The van der Waals surface area contributed by atoms with Crippen molar-refractivity contribution in [1.29, 1.82) is 0 Å². The van der Waals surface area contributed by atoms with Crippen LogP contribution in [0.2, 0.25) is 10.3 Å². The maximum absolute atomic E-state index is 10.4. The van der Waals surface area contributed by atoms with Crippen LogP contribution in [0.15, 0.2) is 0 Å². The Labute approximate surface area is 99.5 Å². The van der Waals surface area contributed by atoms with Gasteiger partial charge in [0, 0.05) is 0 Å². The number of aliphatic carboxylic acids is 1. The van der Waals surface area contributed by atoms with Crippen LogP contribution < -0.4 is 5.73 Å². The average Bonchev–Trinajstić information content (AvgIpc) is 2.14. The van der Waals surface area contributed by atoms with Gasteiger partial charge in [0.15, 0.2) is 6.10 Å². The predicted molar refractivity (Wildman–Crippen MR) is 55.1 cm³/mol. The van der Waals surface area contributed by atoms with E-state index in [4.69, 9.17) is 39.1 Å². The number of anilines is 1. The second-order valence-corrected chi connectivity index (χ2v) is 3.52. The molecule has 0 spiro atoms. The van der Waals surface area contributed by atoms with E-state index in [9.17, 15) is 9.90 Å². The van der Waals surface area contributed by atoms with E-state index in [2.05, 4.69) is 9.97 Å². The largest absolute Gasteiger partial charge is 0.479 e. The highest BCUT2D eigenvalue weighted by molar-refractivity contribution is 6.34. The standard InChI is InChI=1S/C7H7Cl2N3O4/c8-4-1(2(13)3(14)6(15)16)5(9)12-7(10)11-4/h2-3,13-14H,(H,15,16)(H2,10,11,12). The van der Waals surface area contributed by atoms with E-state index in [1.807, 2.05) is 0 Å². The van der Waals surface area contributed by atoms with E-state index in [1.54, 1.807) is 0 Å². The molecule has 0 radical (unpaired) electrons. The molecule has 0 aromatic carbocycles. The molecule has 16 heavy (non-hydrogen) atoms. The summed E-state index contributed by atoms with van der Waals surface area (Å²) in [6, 6.07) is 0. The molecule has 0 aliphatic carbocycles. The number of carboxylic acids is 1. The van der Waals surface area contributed by atoms with Gasteiger partial charge in [0.25, 0.3) is 0 Å². The number of aliphatic hydroxyl groups excluding tert-OH is 2. The molecule has 1 aromatic heterocycles. The van der Waals surface area contributed by atoms with Crippen LogP contribution in [0.3, 0.4) is 0 Å². The third kappa shape index (κ3) is 2.50. The molecule has 0 saturated heterocycles. The molecule has 0 amide bonds. The van der Waals surface area contributed by atoms with Crippen molar-refractivity contribution in [2.45, 2.75) is 12.2 Å². The van der Waals surface area contributed by atoms with Gasteiger partial charge in [0.1, 0.15) is 16.4 Å². The molecule has 88 valence electrons. The highest BCUT2D eigenvalue weighted by Gasteiger charge is 2.30. The van der Waals surface area contributed by atoms with Gasteiger partial charge >= 0.3 is 5.97 Å². The first-order chi connectivity index (χ1) is 7.34. The summed E-state index contributed by atoms with van der Waals surface area (Å²) in [5.74, 6) is -1.85. The third-order valence-corrected chi connectivity index (χ3v) is 2.29. The molecule has 9 heteroatoms. The summed E-state index contributed by atoms with van der Waals surface area (Å²) < 4.78 is 0. The van der Waals surface area contributed by atoms with Crippen molar-refractivity contribution < 1.29 is 20.1 Å². The molecule has 5 N–H and O–H groups in total. The maximum Gasteiger partial charge on any atom is 0.335 e. The molecule has 0 fully saturated rings. The lowest BCUT2D eigenvalue weighted by atomic mass is 10.1. The first-order valence-electron chi connectivity index (χ1n) is 3.92. The van der Waals surface area contributed by atoms with Crippen LogP contribution in [-0.4, -0.2) is 37.4 Å². The number of hydrogen-bond donors (Lipinski definition) is 4. The number of carbonyl (C=O) groups is 1. The molecule has 2 unspecified atom stereocenters. The predicted octanol–water partition coefficient (Wildman–Crippen LogP) is -0.156. The van der Waals surface area contributed by atoms with Crippen molar-refractivity contribution in [2.75, 3.05) is 5.73 Å². The van der Waals surface area contributed by atoms with E-state index >= 15 is 0 Å². The van der Waals surface area contributed by atoms with Crippen LogP contribution in [0.5, 0.6) is 0 Å². The SMILES string of the molecule is Nc1nc(Cl)c(C(O)C(O)C(=O)O)c(Cl)n1. The summed E-state index contributed by atoms with van der Waals surface area (Å²) in [5, 5.41) is 26.5. The Morgan fingerprint density at radius 1 is 1.25 bits per heavy atom. The number of aromatic nitrogens is 2. The fraction of sp³-hybridized carbons (Fsp3) is 0.286. The zero-order valence-electron chi connectivity index (χ0n) is 7.63. The Hall–Kier alpha value is -1.15. The Bertz CT molecular complexity index is 405. The molecule has 1 heterocycles. The minimum Gasteiger partial charge on any atom is -0.479 e. The van der Waals surface area contributed by atoms with E-state index in [-0.39, 0.29) is 21.8 Å². The van der Waals surface area contributed by atoms with Crippen LogP contribution in [0.1, 0.15) is 11.7 Å². The zero-order chi connectivity index (χ0) is 12.5. The minimum atomic E-state index is -2.08. The molecule has 0 saturated carbocycles. The summed E-state index contributed by atoms with van der Waals surface area (Å²) in [6.07, 6.45) is -3.92. The number of aliphatic hydroxyl groups is 2. The highest BCUT2D eigenvalue weighted by Crippen LogP contribution is 2.30. The summed E-state index contributed by atoms with van der Waals surface area (Å²) >= 11 is 11.2. The van der Waals surface area contributed by atoms with Crippen molar-refractivity contribution in [3.8, 4) is 0 Å². The van der Waals surface area contributed by atoms with Gasteiger partial charge in [-0.25, -0.2) is 14.8 Å². The Balaban J connectivity index is 3.18. The molecule has 0 aliphatic rings. The average molecular weight is 268 g/mol. The van der Waals surface area contributed by atoms with Gasteiger partial charge in [-0.1, -0.05) is 23.2 Å². The molecular weight excluding hydrogens is 261 g/mol. The first-order valence-corrected chi connectivity index (χ1v) is 4.67. The highest BCUT2D eigenvalue weighted by atomic mass is 35.5. The summed E-state index contributed by atoms with van der Waals surface area (Å²) in [5.41, 5.74) is 4.93. The number of nitrogen functional groups attached to an aromatic ring is 1. The number of halogens is 2. The number of rotatable bonds is 3. The van der Waals surface area contributed by atoms with Gasteiger partial charge in [-0.15, -0.1) is 0 Å². The van der Waals surface area contributed by atoms with Crippen molar-refractivity contribution in [3.05, 3.63) is 15.9 Å². The zero-order valence-corrected chi connectivity index (χ0v) is 9.14. The third-order valence-electron chi connectivity index (χ3n) is 1.72.